The molecule has 0 spiro atoms. The maximum absolute atomic E-state index is 12.4. The van der Waals surface area contributed by atoms with Gasteiger partial charge in [0.05, 0.1) is 5.92 Å². The predicted molar refractivity (Wildman–Crippen MR) is 73.1 cm³/mol. The first kappa shape index (κ1) is 15.8. The highest BCUT2D eigenvalue weighted by atomic mass is 16.4. The molecule has 19 heavy (non-hydrogen) atoms. The molecule has 0 aromatic carbocycles. The number of carbonyl (C=O) groups excluding carboxylic acids is 1. The summed E-state index contributed by atoms with van der Waals surface area (Å²) in [6.07, 6.45) is 1.48. The Morgan fingerprint density at radius 3 is 2.42 bits per heavy atom. The van der Waals surface area contributed by atoms with Crippen molar-refractivity contribution in [1.29, 1.82) is 0 Å². The van der Waals surface area contributed by atoms with Gasteiger partial charge in [-0.25, -0.2) is 4.79 Å². The molecule has 0 bridgehead atoms. The van der Waals surface area contributed by atoms with Crippen molar-refractivity contribution in [3.63, 3.8) is 0 Å². The zero-order valence-electron chi connectivity index (χ0n) is 12.1. The third kappa shape index (κ3) is 4.70. The number of carboxylic acids is 1. The molecule has 1 atom stereocenters. The van der Waals surface area contributed by atoms with Gasteiger partial charge in [-0.1, -0.05) is 6.92 Å². The number of carbonyl (C=O) groups is 2. The molecule has 2 amide bonds. The van der Waals surface area contributed by atoms with Crippen molar-refractivity contribution < 1.29 is 14.7 Å². The number of rotatable bonds is 6. The molecule has 1 aliphatic heterocycles. The second-order valence-corrected chi connectivity index (χ2v) is 5.34. The number of hydrogen-bond acceptors (Lipinski definition) is 3. The van der Waals surface area contributed by atoms with E-state index in [4.69, 9.17) is 5.11 Å². The third-order valence-corrected chi connectivity index (χ3v) is 3.39. The van der Waals surface area contributed by atoms with E-state index >= 15 is 0 Å². The van der Waals surface area contributed by atoms with Gasteiger partial charge in [0.15, 0.2) is 0 Å². The van der Waals surface area contributed by atoms with Gasteiger partial charge in [-0.2, -0.15) is 0 Å². The molecule has 6 nitrogen and oxygen atoms in total. The van der Waals surface area contributed by atoms with Crippen LogP contribution in [0.5, 0.6) is 0 Å². The first-order chi connectivity index (χ1) is 8.95. The Morgan fingerprint density at radius 1 is 1.26 bits per heavy atom. The van der Waals surface area contributed by atoms with E-state index < -0.39 is 11.9 Å². The Kier molecular flexibility index (Phi) is 6.08. The van der Waals surface area contributed by atoms with Gasteiger partial charge in [0.25, 0.3) is 0 Å². The SMILES string of the molecule is CCCN(CCN(C)C)C(=O)N1CCC(C(=O)O)C1. The predicted octanol–water partition coefficient (Wildman–Crippen LogP) is 0.787. The normalized spacial score (nSPS) is 18.9. The van der Waals surface area contributed by atoms with Crippen LogP contribution in [0.3, 0.4) is 0 Å². The van der Waals surface area contributed by atoms with Gasteiger partial charge < -0.3 is 19.8 Å². The lowest BCUT2D eigenvalue weighted by Gasteiger charge is -2.28. The number of carboxylic acid groups (broad SMARTS) is 1. The van der Waals surface area contributed by atoms with E-state index in [1.54, 1.807) is 4.90 Å². The summed E-state index contributed by atoms with van der Waals surface area (Å²) in [6.45, 7) is 5.17. The van der Waals surface area contributed by atoms with Gasteiger partial charge in [-0.15, -0.1) is 0 Å². The number of likely N-dealkylation sites (N-methyl/N-ethyl adjacent to an activating group) is 1. The lowest BCUT2D eigenvalue weighted by Crippen LogP contribution is -2.45. The topological polar surface area (TPSA) is 64.1 Å². The Hall–Kier alpha value is -1.30. The molecule has 0 aromatic heterocycles. The lowest BCUT2D eigenvalue weighted by molar-refractivity contribution is -0.141. The van der Waals surface area contributed by atoms with Crippen LogP contribution >= 0.6 is 0 Å². The number of urea groups is 1. The fourth-order valence-corrected chi connectivity index (χ4v) is 2.23. The molecule has 1 rings (SSSR count). The molecule has 1 saturated heterocycles. The summed E-state index contributed by atoms with van der Waals surface area (Å²) in [4.78, 5) is 28.8. The highest BCUT2D eigenvalue weighted by molar-refractivity contribution is 5.77. The summed E-state index contributed by atoms with van der Waals surface area (Å²) < 4.78 is 0. The number of amides is 2. The number of nitrogens with zero attached hydrogens (tertiary/aromatic N) is 3. The molecule has 1 unspecified atom stereocenters. The minimum absolute atomic E-state index is 0.0209. The van der Waals surface area contributed by atoms with E-state index in [2.05, 4.69) is 0 Å². The Morgan fingerprint density at radius 2 is 1.95 bits per heavy atom. The molecular formula is C13H25N3O3. The lowest BCUT2D eigenvalue weighted by atomic mass is 10.1. The molecule has 1 heterocycles. The van der Waals surface area contributed by atoms with Crippen LogP contribution < -0.4 is 0 Å². The highest BCUT2D eigenvalue weighted by Gasteiger charge is 2.32. The van der Waals surface area contributed by atoms with Crippen LogP contribution in [0.25, 0.3) is 0 Å². The molecule has 1 N–H and O–H groups in total. The van der Waals surface area contributed by atoms with Crippen molar-refractivity contribution in [2.45, 2.75) is 19.8 Å². The van der Waals surface area contributed by atoms with Crippen molar-refractivity contribution in [2.75, 3.05) is 46.8 Å². The van der Waals surface area contributed by atoms with Crippen LogP contribution in [0.15, 0.2) is 0 Å². The van der Waals surface area contributed by atoms with Crippen molar-refractivity contribution in [2.24, 2.45) is 5.92 Å². The minimum atomic E-state index is -0.800. The zero-order valence-corrected chi connectivity index (χ0v) is 12.1. The monoisotopic (exact) mass is 271 g/mol. The smallest absolute Gasteiger partial charge is 0.320 e. The largest absolute Gasteiger partial charge is 0.481 e. The van der Waals surface area contributed by atoms with Crippen LogP contribution in [0, 0.1) is 5.92 Å². The van der Waals surface area contributed by atoms with Gasteiger partial charge in [0, 0.05) is 32.7 Å². The molecule has 0 aliphatic carbocycles. The van der Waals surface area contributed by atoms with Gasteiger partial charge >= 0.3 is 12.0 Å². The number of aliphatic carboxylic acids is 1. The van der Waals surface area contributed by atoms with Gasteiger partial charge in [-0.05, 0) is 26.9 Å². The van der Waals surface area contributed by atoms with E-state index in [0.29, 0.717) is 26.1 Å². The fraction of sp³-hybridized carbons (Fsp3) is 0.846. The standard InChI is InChI=1S/C13H25N3O3/c1-4-6-15(9-8-14(2)3)13(19)16-7-5-11(10-16)12(17)18/h11H,4-10H2,1-3H3,(H,17,18). The van der Waals surface area contributed by atoms with Crippen LogP contribution in [0.4, 0.5) is 4.79 Å². The van der Waals surface area contributed by atoms with Gasteiger partial charge in [-0.3, -0.25) is 4.79 Å². The first-order valence-electron chi connectivity index (χ1n) is 6.87. The van der Waals surface area contributed by atoms with Crippen molar-refractivity contribution in [1.82, 2.24) is 14.7 Å². The van der Waals surface area contributed by atoms with E-state index in [-0.39, 0.29) is 6.03 Å². The molecule has 1 aliphatic rings. The second kappa shape index (κ2) is 7.33. The van der Waals surface area contributed by atoms with Crippen LogP contribution in [0.2, 0.25) is 0 Å². The summed E-state index contributed by atoms with van der Waals surface area (Å²) in [6, 6.07) is -0.0209. The highest BCUT2D eigenvalue weighted by Crippen LogP contribution is 2.18. The van der Waals surface area contributed by atoms with Crippen LogP contribution in [0.1, 0.15) is 19.8 Å². The summed E-state index contributed by atoms with van der Waals surface area (Å²) in [7, 11) is 3.95. The molecule has 110 valence electrons. The first-order valence-corrected chi connectivity index (χ1v) is 6.87. The second-order valence-electron chi connectivity index (χ2n) is 5.34. The number of likely N-dealkylation sites (tertiary alicyclic amines) is 1. The minimum Gasteiger partial charge on any atom is -0.481 e. The molecular weight excluding hydrogens is 246 g/mol. The quantitative estimate of drug-likeness (QED) is 0.775. The summed E-state index contributed by atoms with van der Waals surface area (Å²) >= 11 is 0. The number of hydrogen-bond donors (Lipinski definition) is 1. The summed E-state index contributed by atoms with van der Waals surface area (Å²) in [5.74, 6) is -1.20. The van der Waals surface area contributed by atoms with E-state index in [1.165, 1.54) is 0 Å². The molecule has 0 radical (unpaired) electrons. The average Bonchev–Trinajstić information content (AvgIpc) is 2.83. The maximum Gasteiger partial charge on any atom is 0.320 e. The van der Waals surface area contributed by atoms with Crippen molar-refractivity contribution in [3.8, 4) is 0 Å². The Labute approximate surface area is 115 Å². The molecule has 0 saturated carbocycles. The fourth-order valence-electron chi connectivity index (χ4n) is 2.23. The molecule has 0 aromatic rings. The van der Waals surface area contributed by atoms with Crippen molar-refractivity contribution in [3.05, 3.63) is 0 Å². The Bertz CT molecular complexity index is 320. The van der Waals surface area contributed by atoms with Crippen molar-refractivity contribution >= 4 is 12.0 Å². The van der Waals surface area contributed by atoms with E-state index in [1.807, 2.05) is 30.8 Å². The van der Waals surface area contributed by atoms with E-state index in [9.17, 15) is 9.59 Å². The average molecular weight is 271 g/mol. The van der Waals surface area contributed by atoms with Gasteiger partial charge in [0.2, 0.25) is 0 Å². The summed E-state index contributed by atoms with van der Waals surface area (Å²) in [5.41, 5.74) is 0. The van der Waals surface area contributed by atoms with Gasteiger partial charge in [0.1, 0.15) is 0 Å². The maximum atomic E-state index is 12.4. The van der Waals surface area contributed by atoms with E-state index in [0.717, 1.165) is 19.5 Å². The molecule has 1 fully saturated rings. The Balaban J connectivity index is 2.54. The van der Waals surface area contributed by atoms with Crippen LogP contribution in [-0.2, 0) is 4.79 Å². The zero-order chi connectivity index (χ0) is 14.4. The third-order valence-electron chi connectivity index (χ3n) is 3.39. The van der Waals surface area contributed by atoms with Crippen LogP contribution in [-0.4, -0.2) is 78.6 Å². The summed E-state index contributed by atoms with van der Waals surface area (Å²) in [5, 5.41) is 8.97. The molecule has 6 heteroatoms.